The zero-order valence-corrected chi connectivity index (χ0v) is 41.8. The highest BCUT2D eigenvalue weighted by molar-refractivity contribution is 5.93. The second-order valence-corrected chi connectivity index (χ2v) is 17.3. The summed E-state index contributed by atoms with van der Waals surface area (Å²) in [4.78, 5) is 53.8. The number of rotatable bonds is 15. The number of carbonyl (C=O) groups is 4. The van der Waals surface area contributed by atoms with E-state index in [0.29, 0.717) is 50.5 Å². The fourth-order valence-corrected chi connectivity index (χ4v) is 8.03. The summed E-state index contributed by atoms with van der Waals surface area (Å²) < 4.78 is 60.3. The van der Waals surface area contributed by atoms with Gasteiger partial charge in [0, 0.05) is 42.2 Å². The van der Waals surface area contributed by atoms with Crippen molar-refractivity contribution in [2.45, 2.75) is 33.0 Å². The molecule has 2 amide bonds. The van der Waals surface area contributed by atoms with Crippen LogP contribution in [0.5, 0.6) is 23.0 Å². The Kier molecular flexibility index (Phi) is 15.3. The molecule has 9 aromatic rings. The number of carboxylic acid groups (broad SMARTS) is 2. The molecule has 17 nitrogen and oxygen atoms in total. The lowest BCUT2D eigenvalue weighted by Crippen LogP contribution is -2.18. The van der Waals surface area contributed by atoms with Crippen LogP contribution in [0.3, 0.4) is 0 Å². The lowest BCUT2D eigenvalue weighted by atomic mass is 10.0. The van der Waals surface area contributed by atoms with Gasteiger partial charge in [0.1, 0.15) is 63.5 Å². The highest BCUT2D eigenvalue weighted by Gasteiger charge is 2.24. The molecule has 3 aromatic heterocycles. The molecule has 0 spiro atoms. The largest absolute Gasteiger partial charge is 0.478 e. The predicted octanol–water partition coefficient (Wildman–Crippen LogP) is 13.4. The minimum Gasteiger partial charge on any atom is -0.478 e. The number of benzene rings is 6. The minimum atomic E-state index is -1.38. The van der Waals surface area contributed by atoms with Crippen molar-refractivity contribution in [3.63, 3.8) is 0 Å². The normalized spacial score (nSPS) is 11.6. The molecule has 0 fully saturated rings. The molecule has 2 atom stereocenters. The lowest BCUT2D eigenvalue weighted by Gasteiger charge is -2.15. The molecule has 0 radical (unpaired) electrons. The van der Waals surface area contributed by atoms with Crippen molar-refractivity contribution in [2.24, 2.45) is 7.05 Å². The summed E-state index contributed by atoms with van der Waals surface area (Å²) in [7, 11) is 1.65. The van der Waals surface area contributed by atoms with Crippen molar-refractivity contribution in [3.8, 4) is 68.5 Å². The average Bonchev–Trinajstić information content (AvgIpc) is 4.03. The number of ether oxygens (including phenoxy) is 4. The smallest absolute Gasteiger partial charge is 0.413 e. The molecular formula is C59H44F2N6O11. The number of halogens is 2. The van der Waals surface area contributed by atoms with Crippen LogP contribution in [0.4, 0.5) is 29.9 Å². The van der Waals surface area contributed by atoms with Gasteiger partial charge in [0.15, 0.2) is 23.1 Å². The Hall–Kier alpha value is -10.6. The first-order valence-electron chi connectivity index (χ1n) is 23.8. The molecule has 78 heavy (non-hydrogen) atoms. The SMILES string of the molecule is Cc1noc(-c2ccc(-c3cc(F)c(Oc4ccncc4C(=O)O)c(F)c3)cc2)c1NC(=O)O[C@H](C)c1ccc(-c2nn(C)c(NC(=O)O[C@H](C)c3ccccc3)c2C#Cc2ccc(Oc3ccccc3C(=O)O)cc2)cc1. The number of hydrogen-bond acceptors (Lipinski definition) is 12. The van der Waals surface area contributed by atoms with Crippen molar-refractivity contribution in [1.29, 1.82) is 0 Å². The first-order valence-corrected chi connectivity index (χ1v) is 23.8. The van der Waals surface area contributed by atoms with E-state index in [1.165, 1.54) is 23.0 Å². The molecular weight excluding hydrogens is 1010 g/mol. The summed E-state index contributed by atoms with van der Waals surface area (Å²) >= 11 is 0. The van der Waals surface area contributed by atoms with Gasteiger partial charge in [0.2, 0.25) is 0 Å². The number of para-hydroxylation sites is 1. The van der Waals surface area contributed by atoms with Gasteiger partial charge in [0.25, 0.3) is 0 Å². The van der Waals surface area contributed by atoms with E-state index < -0.39 is 53.7 Å². The third-order valence-electron chi connectivity index (χ3n) is 12.1. The van der Waals surface area contributed by atoms with Gasteiger partial charge < -0.3 is 33.7 Å². The number of hydrogen-bond donors (Lipinski definition) is 4. The molecule has 3 heterocycles. The first kappa shape index (κ1) is 52.3. The minimum absolute atomic E-state index is 0.0124. The third kappa shape index (κ3) is 11.8. The van der Waals surface area contributed by atoms with Gasteiger partial charge >= 0.3 is 24.1 Å². The quantitative estimate of drug-likeness (QED) is 0.0701. The first-order chi connectivity index (χ1) is 37.6. The Morgan fingerprint density at radius 2 is 1.24 bits per heavy atom. The van der Waals surface area contributed by atoms with E-state index in [1.807, 2.05) is 30.3 Å². The maximum atomic E-state index is 15.3. The maximum Gasteiger partial charge on any atom is 0.413 e. The van der Waals surface area contributed by atoms with Crippen LogP contribution >= 0.6 is 0 Å². The Balaban J connectivity index is 0.895. The molecule has 9 rings (SSSR count). The van der Waals surface area contributed by atoms with E-state index >= 15 is 8.78 Å². The van der Waals surface area contributed by atoms with Crippen LogP contribution in [0.2, 0.25) is 0 Å². The van der Waals surface area contributed by atoms with Crippen molar-refractivity contribution in [2.75, 3.05) is 10.6 Å². The number of nitrogens with zero attached hydrogens (tertiary/aromatic N) is 4. The fraction of sp³-hybridized carbons (Fsp3) is 0.102. The van der Waals surface area contributed by atoms with Crippen LogP contribution in [0, 0.1) is 30.4 Å². The maximum absolute atomic E-state index is 15.3. The fourth-order valence-electron chi connectivity index (χ4n) is 8.03. The Morgan fingerprint density at radius 3 is 1.91 bits per heavy atom. The predicted molar refractivity (Wildman–Crippen MR) is 281 cm³/mol. The molecule has 4 N–H and O–H groups in total. The highest BCUT2D eigenvalue weighted by Crippen LogP contribution is 2.37. The van der Waals surface area contributed by atoms with Crippen molar-refractivity contribution in [3.05, 3.63) is 209 Å². The van der Waals surface area contributed by atoms with Gasteiger partial charge in [-0.2, -0.15) is 5.10 Å². The molecule has 0 bridgehead atoms. The zero-order valence-electron chi connectivity index (χ0n) is 41.8. The number of pyridine rings is 1. The number of amides is 2. The summed E-state index contributed by atoms with van der Waals surface area (Å²) in [5.41, 5.74) is 4.65. The number of aryl methyl sites for hydroxylation is 2. The van der Waals surface area contributed by atoms with E-state index in [2.05, 4.69) is 32.6 Å². The van der Waals surface area contributed by atoms with Gasteiger partial charge in [-0.3, -0.25) is 20.3 Å². The number of nitrogens with one attached hydrogen (secondary N) is 2. The van der Waals surface area contributed by atoms with Crippen molar-refractivity contribution < 1.29 is 61.6 Å². The Bertz CT molecular complexity index is 3760. The summed E-state index contributed by atoms with van der Waals surface area (Å²) in [5.74, 6) is 1.61. The monoisotopic (exact) mass is 1050 g/mol. The van der Waals surface area contributed by atoms with E-state index in [1.54, 1.807) is 119 Å². The summed E-state index contributed by atoms with van der Waals surface area (Å²) in [6.07, 6.45) is -0.652. The topological polar surface area (TPSA) is 226 Å². The number of anilines is 2. The second kappa shape index (κ2) is 22.9. The van der Waals surface area contributed by atoms with E-state index in [-0.39, 0.29) is 45.5 Å². The summed E-state index contributed by atoms with van der Waals surface area (Å²) in [5, 5.41) is 33.3. The average molecular weight is 1050 g/mol. The number of carboxylic acids is 2. The number of carbonyl (C=O) groups excluding carboxylic acids is 2. The second-order valence-electron chi connectivity index (χ2n) is 17.3. The van der Waals surface area contributed by atoms with Gasteiger partial charge in [-0.1, -0.05) is 108 Å². The summed E-state index contributed by atoms with van der Waals surface area (Å²) in [6, 6.07) is 39.1. The van der Waals surface area contributed by atoms with Gasteiger partial charge in [-0.15, -0.1) is 0 Å². The van der Waals surface area contributed by atoms with E-state index in [9.17, 15) is 29.4 Å². The van der Waals surface area contributed by atoms with Crippen LogP contribution < -0.4 is 20.1 Å². The van der Waals surface area contributed by atoms with Gasteiger partial charge in [-0.05, 0) is 91.6 Å². The summed E-state index contributed by atoms with van der Waals surface area (Å²) in [6.45, 7) is 5.07. The molecule has 6 aromatic carbocycles. The molecule has 0 saturated carbocycles. The highest BCUT2D eigenvalue weighted by atomic mass is 19.1. The number of aromatic carboxylic acids is 2. The Morgan fingerprint density at radius 1 is 0.654 bits per heavy atom. The molecule has 390 valence electrons. The van der Waals surface area contributed by atoms with Crippen LogP contribution in [0.15, 0.2) is 163 Å². The molecule has 0 unspecified atom stereocenters. The van der Waals surface area contributed by atoms with Crippen LogP contribution in [0.25, 0.3) is 33.7 Å². The Labute approximate surface area is 443 Å². The van der Waals surface area contributed by atoms with Crippen LogP contribution in [0.1, 0.15) is 74.7 Å². The zero-order chi connectivity index (χ0) is 55.0. The molecule has 0 aliphatic heterocycles. The van der Waals surface area contributed by atoms with E-state index in [0.717, 1.165) is 23.9 Å². The van der Waals surface area contributed by atoms with Crippen LogP contribution in [-0.4, -0.2) is 54.3 Å². The van der Waals surface area contributed by atoms with Crippen molar-refractivity contribution in [1.82, 2.24) is 19.9 Å². The van der Waals surface area contributed by atoms with Gasteiger partial charge in [0.05, 0.1) is 5.56 Å². The lowest BCUT2D eigenvalue weighted by molar-refractivity contribution is 0.0682. The molecule has 0 aliphatic rings. The molecule has 0 saturated heterocycles. The van der Waals surface area contributed by atoms with E-state index in [4.69, 9.17) is 28.6 Å². The van der Waals surface area contributed by atoms with Crippen molar-refractivity contribution >= 4 is 35.6 Å². The molecule has 19 heteroatoms. The van der Waals surface area contributed by atoms with Crippen LogP contribution in [-0.2, 0) is 16.5 Å². The third-order valence-corrected chi connectivity index (χ3v) is 12.1. The standard InChI is InChI=1S/C59H44F2N6O11/c1-33-51(53(78-66-33)41-23-19-39(20-24-41)42-30-47(60)54(48(61)31-42)77-50-28-29-62-32-46(50)57(70)71)63-58(72)74-35(3)38-17-21-40(22-18-38)52-45(55(67(4)65-52)64-59(73)75-34(2)37-10-6-5-7-11-37)27-16-36-14-25-43(26-15-36)76-49-13-9-8-12-44(49)56(68)69/h5-15,17-26,28-32,34-35H,1-4H3,(H,63,72)(H,64,73)(H,68,69)(H,70,71)/t34-,35-/m1/s1. The van der Waals surface area contributed by atoms with Gasteiger partial charge in [-0.25, -0.2) is 28.0 Å². The number of aromatic nitrogens is 4. The molecule has 0 aliphatic carbocycles.